The molecule has 1 aliphatic rings. The summed E-state index contributed by atoms with van der Waals surface area (Å²) >= 11 is 0. The van der Waals surface area contributed by atoms with Crippen molar-refractivity contribution >= 4 is 11.6 Å². The molecule has 1 aromatic carbocycles. The zero-order valence-electron chi connectivity index (χ0n) is 13.1. The number of hydrogen-bond acceptors (Lipinski definition) is 2. The Morgan fingerprint density at radius 3 is 2.75 bits per heavy atom. The van der Waals surface area contributed by atoms with E-state index in [0.717, 1.165) is 26.1 Å². The fraction of sp³-hybridized carbons (Fsp3) is 0.588. The zero-order chi connectivity index (χ0) is 14.7. The Balaban J connectivity index is 1.88. The number of nitrogens with zero attached hydrogens (tertiary/aromatic N) is 1. The number of anilines is 1. The second-order valence-electron chi connectivity index (χ2n) is 6.27. The minimum atomic E-state index is 0.0762. The van der Waals surface area contributed by atoms with Crippen molar-refractivity contribution in [1.29, 1.82) is 0 Å². The molecule has 2 rings (SSSR count). The molecule has 0 saturated carbocycles. The van der Waals surface area contributed by atoms with Crippen LogP contribution < -0.4 is 10.2 Å². The number of rotatable bonds is 4. The highest BCUT2D eigenvalue weighted by molar-refractivity contribution is 5.77. The van der Waals surface area contributed by atoms with Gasteiger partial charge >= 0.3 is 0 Å². The molecule has 20 heavy (non-hydrogen) atoms. The predicted molar refractivity (Wildman–Crippen MR) is 84.1 cm³/mol. The molecule has 1 fully saturated rings. The van der Waals surface area contributed by atoms with Gasteiger partial charge in [-0.3, -0.25) is 4.79 Å². The van der Waals surface area contributed by atoms with E-state index in [1.807, 2.05) is 13.8 Å². The Morgan fingerprint density at radius 1 is 1.35 bits per heavy atom. The number of benzene rings is 1. The Morgan fingerprint density at radius 2 is 2.10 bits per heavy atom. The molecule has 1 saturated heterocycles. The number of carbonyl (C=O) groups is 1. The molecule has 0 aliphatic carbocycles. The molecule has 3 heteroatoms. The van der Waals surface area contributed by atoms with Crippen LogP contribution >= 0.6 is 0 Å². The van der Waals surface area contributed by atoms with Crippen LogP contribution in [0, 0.1) is 25.7 Å². The minimum absolute atomic E-state index is 0.0762. The number of nitrogens with one attached hydrogen (secondary N) is 1. The van der Waals surface area contributed by atoms with Gasteiger partial charge in [-0.1, -0.05) is 19.9 Å². The Bertz CT molecular complexity index is 482. The quantitative estimate of drug-likeness (QED) is 0.915. The SMILES string of the molecule is Cc1ccc(N2CCC(CNC(=O)C(C)C)C2)cc1C. The molecule has 1 unspecified atom stereocenters. The summed E-state index contributed by atoms with van der Waals surface area (Å²) < 4.78 is 0. The van der Waals surface area contributed by atoms with Crippen molar-refractivity contribution in [3.63, 3.8) is 0 Å². The van der Waals surface area contributed by atoms with Gasteiger partial charge in [0.2, 0.25) is 5.91 Å². The van der Waals surface area contributed by atoms with Crippen LogP contribution in [0.25, 0.3) is 0 Å². The van der Waals surface area contributed by atoms with E-state index >= 15 is 0 Å². The van der Waals surface area contributed by atoms with Gasteiger partial charge in [0.1, 0.15) is 0 Å². The molecular formula is C17H26N2O. The Kier molecular flexibility index (Phi) is 4.69. The smallest absolute Gasteiger partial charge is 0.222 e. The van der Waals surface area contributed by atoms with E-state index in [0.29, 0.717) is 5.92 Å². The van der Waals surface area contributed by atoms with E-state index in [-0.39, 0.29) is 11.8 Å². The Labute approximate surface area is 122 Å². The molecule has 0 radical (unpaired) electrons. The summed E-state index contributed by atoms with van der Waals surface area (Å²) in [7, 11) is 0. The first kappa shape index (κ1) is 14.9. The first-order valence-corrected chi connectivity index (χ1v) is 7.57. The van der Waals surface area contributed by atoms with Crippen molar-refractivity contribution in [1.82, 2.24) is 5.32 Å². The third kappa shape index (κ3) is 3.53. The van der Waals surface area contributed by atoms with Crippen LogP contribution in [-0.4, -0.2) is 25.5 Å². The summed E-state index contributed by atoms with van der Waals surface area (Å²) in [5, 5.41) is 3.05. The van der Waals surface area contributed by atoms with Gasteiger partial charge in [-0.2, -0.15) is 0 Å². The van der Waals surface area contributed by atoms with Crippen LogP contribution in [0.1, 0.15) is 31.4 Å². The van der Waals surface area contributed by atoms with E-state index in [9.17, 15) is 4.79 Å². The van der Waals surface area contributed by atoms with E-state index in [4.69, 9.17) is 0 Å². The van der Waals surface area contributed by atoms with Gasteiger partial charge in [0.15, 0.2) is 0 Å². The summed E-state index contributed by atoms with van der Waals surface area (Å²) in [5.74, 6) is 0.807. The molecule has 0 aromatic heterocycles. The molecular weight excluding hydrogens is 248 g/mol. The Hall–Kier alpha value is -1.51. The largest absolute Gasteiger partial charge is 0.371 e. The monoisotopic (exact) mass is 274 g/mol. The van der Waals surface area contributed by atoms with Crippen LogP contribution in [0.5, 0.6) is 0 Å². The van der Waals surface area contributed by atoms with Gasteiger partial charge in [-0.15, -0.1) is 0 Å². The van der Waals surface area contributed by atoms with E-state index < -0.39 is 0 Å². The normalized spacial score (nSPS) is 18.6. The number of amides is 1. The lowest BCUT2D eigenvalue weighted by molar-refractivity contribution is -0.124. The zero-order valence-corrected chi connectivity index (χ0v) is 13.1. The van der Waals surface area contributed by atoms with Gasteiger partial charge in [0.25, 0.3) is 0 Å². The maximum atomic E-state index is 11.6. The van der Waals surface area contributed by atoms with E-state index in [1.54, 1.807) is 0 Å². The van der Waals surface area contributed by atoms with Gasteiger partial charge in [-0.05, 0) is 49.4 Å². The fourth-order valence-electron chi connectivity index (χ4n) is 2.61. The van der Waals surface area contributed by atoms with Gasteiger partial charge in [0, 0.05) is 31.2 Å². The lowest BCUT2D eigenvalue weighted by Gasteiger charge is -2.20. The van der Waals surface area contributed by atoms with Crippen LogP contribution in [0.15, 0.2) is 18.2 Å². The summed E-state index contributed by atoms with van der Waals surface area (Å²) in [4.78, 5) is 14.0. The van der Waals surface area contributed by atoms with Crippen molar-refractivity contribution in [2.45, 2.75) is 34.1 Å². The number of aryl methyl sites for hydroxylation is 2. The summed E-state index contributed by atoms with van der Waals surface area (Å²) in [6.07, 6.45) is 1.16. The summed E-state index contributed by atoms with van der Waals surface area (Å²) in [6, 6.07) is 6.67. The number of hydrogen-bond donors (Lipinski definition) is 1. The number of carbonyl (C=O) groups excluding carboxylic acids is 1. The standard InChI is InChI=1S/C17H26N2O/c1-12(2)17(20)18-10-15-7-8-19(11-15)16-6-5-13(3)14(4)9-16/h5-6,9,12,15H,7-8,10-11H2,1-4H3,(H,18,20). The van der Waals surface area contributed by atoms with Crippen molar-refractivity contribution in [2.24, 2.45) is 11.8 Å². The molecule has 3 nitrogen and oxygen atoms in total. The molecule has 1 heterocycles. The average Bonchev–Trinajstić information content (AvgIpc) is 2.87. The highest BCUT2D eigenvalue weighted by Crippen LogP contribution is 2.25. The second kappa shape index (κ2) is 6.29. The van der Waals surface area contributed by atoms with Crippen molar-refractivity contribution < 1.29 is 4.79 Å². The second-order valence-corrected chi connectivity index (χ2v) is 6.27. The summed E-state index contributed by atoms with van der Waals surface area (Å²) in [6.45, 7) is 11.1. The summed E-state index contributed by atoms with van der Waals surface area (Å²) in [5.41, 5.74) is 4.00. The van der Waals surface area contributed by atoms with Crippen LogP contribution in [-0.2, 0) is 4.79 Å². The first-order valence-electron chi connectivity index (χ1n) is 7.57. The van der Waals surface area contributed by atoms with Crippen molar-refractivity contribution in [3.8, 4) is 0 Å². The average molecular weight is 274 g/mol. The van der Waals surface area contributed by atoms with Crippen LogP contribution in [0.2, 0.25) is 0 Å². The molecule has 1 aromatic rings. The van der Waals surface area contributed by atoms with Crippen molar-refractivity contribution in [3.05, 3.63) is 29.3 Å². The first-order chi connectivity index (χ1) is 9.47. The molecule has 1 amide bonds. The lowest BCUT2D eigenvalue weighted by Crippen LogP contribution is -2.33. The molecule has 110 valence electrons. The third-order valence-electron chi connectivity index (χ3n) is 4.23. The van der Waals surface area contributed by atoms with Gasteiger partial charge < -0.3 is 10.2 Å². The maximum Gasteiger partial charge on any atom is 0.222 e. The van der Waals surface area contributed by atoms with Gasteiger partial charge in [0.05, 0.1) is 0 Å². The van der Waals surface area contributed by atoms with Crippen LogP contribution in [0.4, 0.5) is 5.69 Å². The lowest BCUT2D eigenvalue weighted by atomic mass is 10.1. The fourth-order valence-corrected chi connectivity index (χ4v) is 2.61. The third-order valence-corrected chi connectivity index (χ3v) is 4.23. The molecule has 1 atom stereocenters. The van der Waals surface area contributed by atoms with E-state index in [2.05, 4.69) is 42.3 Å². The highest BCUT2D eigenvalue weighted by atomic mass is 16.1. The molecule has 0 spiro atoms. The molecule has 1 aliphatic heterocycles. The predicted octanol–water partition coefficient (Wildman–Crippen LogP) is 2.90. The highest BCUT2D eigenvalue weighted by Gasteiger charge is 2.23. The maximum absolute atomic E-state index is 11.6. The van der Waals surface area contributed by atoms with Gasteiger partial charge in [-0.25, -0.2) is 0 Å². The van der Waals surface area contributed by atoms with Crippen molar-refractivity contribution in [2.75, 3.05) is 24.5 Å². The van der Waals surface area contributed by atoms with E-state index in [1.165, 1.54) is 16.8 Å². The molecule has 0 bridgehead atoms. The molecule has 1 N–H and O–H groups in total. The van der Waals surface area contributed by atoms with Crippen LogP contribution in [0.3, 0.4) is 0 Å². The minimum Gasteiger partial charge on any atom is -0.371 e. The topological polar surface area (TPSA) is 32.3 Å².